The Bertz CT molecular complexity index is 490. The molecular weight excluding hydrogens is 245 g/mol. The molecule has 0 radical (unpaired) electrons. The van der Waals surface area contributed by atoms with Gasteiger partial charge in [-0.15, -0.1) is 0 Å². The molecule has 0 saturated heterocycles. The van der Waals surface area contributed by atoms with Gasteiger partial charge in [0.05, 0.1) is 11.4 Å². The Morgan fingerprint density at radius 2 is 1.81 bits per heavy atom. The number of benzene rings is 1. The van der Waals surface area contributed by atoms with Gasteiger partial charge in [0.1, 0.15) is 0 Å². The van der Waals surface area contributed by atoms with Crippen LogP contribution in [-0.4, -0.2) is 20.7 Å². The summed E-state index contributed by atoms with van der Waals surface area (Å²) in [6.07, 6.45) is 0. The van der Waals surface area contributed by atoms with E-state index in [1.54, 1.807) is 4.72 Å². The molecule has 1 rings (SSSR count). The fraction of sp³-hybridized carbons (Fsp3) is 0.250. The van der Waals surface area contributed by atoms with Crippen LogP contribution in [0.1, 0.15) is 0 Å². The first-order valence-electron chi connectivity index (χ1n) is 4.21. The molecule has 0 atom stereocenters. The van der Waals surface area contributed by atoms with E-state index in [4.69, 9.17) is 5.73 Å². The van der Waals surface area contributed by atoms with Crippen molar-refractivity contribution in [2.75, 3.05) is 17.0 Å². The van der Waals surface area contributed by atoms with Crippen molar-refractivity contribution >= 4 is 15.7 Å². The highest BCUT2D eigenvalue weighted by molar-refractivity contribution is 7.92. The van der Waals surface area contributed by atoms with E-state index in [2.05, 4.69) is 0 Å². The molecular formula is C8H9F3N2O2S. The minimum absolute atomic E-state index is 0.166. The largest absolute Gasteiger partial charge is 0.329 e. The molecule has 0 aliphatic heterocycles. The Morgan fingerprint density at radius 1 is 1.19 bits per heavy atom. The fourth-order valence-electron chi connectivity index (χ4n) is 0.978. The van der Waals surface area contributed by atoms with Gasteiger partial charge in [-0.3, -0.25) is 4.72 Å². The summed E-state index contributed by atoms with van der Waals surface area (Å²) >= 11 is 0. The molecule has 4 nitrogen and oxygen atoms in total. The molecule has 90 valence electrons. The van der Waals surface area contributed by atoms with Crippen molar-refractivity contribution in [3.63, 3.8) is 0 Å². The predicted molar refractivity (Wildman–Crippen MR) is 52.8 cm³/mol. The van der Waals surface area contributed by atoms with Crippen LogP contribution in [0.3, 0.4) is 0 Å². The first-order valence-corrected chi connectivity index (χ1v) is 5.86. The van der Waals surface area contributed by atoms with E-state index in [1.807, 2.05) is 0 Å². The Morgan fingerprint density at radius 3 is 2.38 bits per heavy atom. The molecule has 0 saturated carbocycles. The summed E-state index contributed by atoms with van der Waals surface area (Å²) in [6.45, 7) is -0.166. The van der Waals surface area contributed by atoms with Crippen LogP contribution >= 0.6 is 0 Å². The first kappa shape index (κ1) is 12.8. The molecule has 1 aromatic rings. The van der Waals surface area contributed by atoms with Crippen molar-refractivity contribution in [2.24, 2.45) is 5.73 Å². The van der Waals surface area contributed by atoms with Gasteiger partial charge < -0.3 is 5.73 Å². The zero-order valence-electron chi connectivity index (χ0n) is 8.00. The van der Waals surface area contributed by atoms with Crippen LogP contribution in [0.25, 0.3) is 0 Å². The lowest BCUT2D eigenvalue weighted by Gasteiger charge is -2.08. The molecule has 0 amide bonds. The second kappa shape index (κ2) is 4.71. The first-order chi connectivity index (χ1) is 7.37. The Hall–Kier alpha value is -1.28. The lowest BCUT2D eigenvalue weighted by molar-refractivity contribution is 0.449. The number of halogens is 3. The van der Waals surface area contributed by atoms with Crippen LogP contribution in [0.4, 0.5) is 18.9 Å². The minimum Gasteiger partial charge on any atom is -0.329 e. The summed E-state index contributed by atoms with van der Waals surface area (Å²) in [7, 11) is -3.84. The number of anilines is 1. The second-order valence-electron chi connectivity index (χ2n) is 2.93. The quantitative estimate of drug-likeness (QED) is 0.781. The highest BCUT2D eigenvalue weighted by Gasteiger charge is 2.17. The summed E-state index contributed by atoms with van der Waals surface area (Å²) < 4.78 is 62.4. The highest BCUT2D eigenvalue weighted by Crippen LogP contribution is 2.20. The molecule has 0 heterocycles. The molecule has 0 spiro atoms. The van der Waals surface area contributed by atoms with Gasteiger partial charge in [0.25, 0.3) is 0 Å². The van der Waals surface area contributed by atoms with Crippen LogP contribution in [0.15, 0.2) is 12.1 Å². The lowest BCUT2D eigenvalue weighted by Crippen LogP contribution is -2.23. The summed E-state index contributed by atoms with van der Waals surface area (Å²) in [6, 6.07) is 1.42. The van der Waals surface area contributed by atoms with Crippen molar-refractivity contribution in [3.05, 3.63) is 29.6 Å². The summed E-state index contributed by atoms with van der Waals surface area (Å²) in [5.74, 6) is -5.14. The highest BCUT2D eigenvalue weighted by atomic mass is 32.2. The third kappa shape index (κ3) is 2.86. The molecule has 0 fully saturated rings. The third-order valence-electron chi connectivity index (χ3n) is 1.69. The molecule has 0 aliphatic carbocycles. The monoisotopic (exact) mass is 254 g/mol. The average molecular weight is 254 g/mol. The van der Waals surface area contributed by atoms with Gasteiger partial charge in [-0.2, -0.15) is 0 Å². The molecule has 8 heteroatoms. The molecule has 0 aliphatic rings. The minimum atomic E-state index is -3.84. The van der Waals surface area contributed by atoms with E-state index in [-0.39, 0.29) is 6.54 Å². The van der Waals surface area contributed by atoms with Crippen LogP contribution in [-0.2, 0) is 10.0 Å². The Balaban J connectivity index is 3.04. The normalized spacial score (nSPS) is 11.5. The molecule has 0 bridgehead atoms. The van der Waals surface area contributed by atoms with Gasteiger partial charge in [0.15, 0.2) is 17.5 Å². The molecule has 3 N–H and O–H groups in total. The van der Waals surface area contributed by atoms with Gasteiger partial charge in [0.2, 0.25) is 10.0 Å². The zero-order valence-corrected chi connectivity index (χ0v) is 8.82. The van der Waals surface area contributed by atoms with Gasteiger partial charge in [-0.25, -0.2) is 21.6 Å². The number of nitrogens with two attached hydrogens (primary N) is 1. The molecule has 0 aromatic heterocycles. The maximum atomic E-state index is 13.1. The maximum Gasteiger partial charge on any atom is 0.234 e. The Kier molecular flexibility index (Phi) is 3.76. The summed E-state index contributed by atoms with van der Waals surface area (Å²) in [5, 5.41) is 0. The number of hydrogen-bond acceptors (Lipinski definition) is 3. The Labute approximate surface area is 90.3 Å². The van der Waals surface area contributed by atoms with E-state index in [0.29, 0.717) is 6.07 Å². The standard InChI is InChI=1S/C8H9F3N2O2S/c9-5-1-2-6(8(11)7(5)10)13-16(14,15)4-3-12/h1-2,13H,3-4,12H2. The third-order valence-corrected chi connectivity index (χ3v) is 2.99. The number of sulfonamides is 1. The van der Waals surface area contributed by atoms with Crippen molar-refractivity contribution in [1.29, 1.82) is 0 Å². The van der Waals surface area contributed by atoms with E-state index in [9.17, 15) is 21.6 Å². The maximum absolute atomic E-state index is 13.1. The van der Waals surface area contributed by atoms with Crippen molar-refractivity contribution < 1.29 is 21.6 Å². The number of rotatable bonds is 4. The molecule has 0 unspecified atom stereocenters. The fourth-order valence-corrected chi connectivity index (χ4v) is 1.88. The van der Waals surface area contributed by atoms with E-state index in [1.165, 1.54) is 0 Å². The van der Waals surface area contributed by atoms with Crippen LogP contribution < -0.4 is 10.5 Å². The van der Waals surface area contributed by atoms with E-state index >= 15 is 0 Å². The second-order valence-corrected chi connectivity index (χ2v) is 4.77. The van der Waals surface area contributed by atoms with Crippen molar-refractivity contribution in [2.45, 2.75) is 0 Å². The summed E-state index contributed by atoms with van der Waals surface area (Å²) in [4.78, 5) is 0. The average Bonchev–Trinajstić information content (AvgIpc) is 2.19. The number of hydrogen-bond donors (Lipinski definition) is 2. The van der Waals surface area contributed by atoms with Crippen LogP contribution in [0, 0.1) is 17.5 Å². The predicted octanol–water partition coefficient (Wildman–Crippen LogP) is 0.804. The van der Waals surface area contributed by atoms with Crippen molar-refractivity contribution in [1.82, 2.24) is 0 Å². The van der Waals surface area contributed by atoms with E-state index in [0.717, 1.165) is 6.07 Å². The smallest absolute Gasteiger partial charge is 0.234 e. The number of nitrogens with one attached hydrogen (secondary N) is 1. The van der Waals surface area contributed by atoms with E-state index < -0.39 is 38.9 Å². The topological polar surface area (TPSA) is 72.2 Å². The van der Waals surface area contributed by atoms with Crippen LogP contribution in [0.2, 0.25) is 0 Å². The zero-order chi connectivity index (χ0) is 12.3. The van der Waals surface area contributed by atoms with Crippen LogP contribution in [0.5, 0.6) is 0 Å². The van der Waals surface area contributed by atoms with Crippen molar-refractivity contribution in [3.8, 4) is 0 Å². The van der Waals surface area contributed by atoms with Gasteiger partial charge >= 0.3 is 0 Å². The lowest BCUT2D eigenvalue weighted by atomic mass is 10.3. The molecule has 16 heavy (non-hydrogen) atoms. The molecule has 1 aromatic carbocycles. The SMILES string of the molecule is NCCS(=O)(=O)Nc1ccc(F)c(F)c1F. The summed E-state index contributed by atoms with van der Waals surface area (Å²) in [5.41, 5.74) is 4.37. The van der Waals surface area contributed by atoms with Gasteiger partial charge in [-0.05, 0) is 12.1 Å². The van der Waals surface area contributed by atoms with Gasteiger partial charge in [-0.1, -0.05) is 0 Å². The van der Waals surface area contributed by atoms with Gasteiger partial charge in [0, 0.05) is 6.54 Å².